The summed E-state index contributed by atoms with van der Waals surface area (Å²) in [5, 5.41) is 14.6. The lowest BCUT2D eigenvalue weighted by molar-refractivity contribution is 0.414. The molecule has 4 rings (SSSR count). The molecule has 0 aliphatic heterocycles. The molecule has 1 aromatic heterocycles. The number of thiazole rings is 1. The lowest BCUT2D eigenvalue weighted by atomic mass is 10.0. The van der Waals surface area contributed by atoms with Crippen LogP contribution in [0.5, 0.6) is 5.75 Å². The van der Waals surface area contributed by atoms with Gasteiger partial charge in [0.05, 0.1) is 18.4 Å². The first-order valence-corrected chi connectivity index (χ1v) is 9.37. The van der Waals surface area contributed by atoms with E-state index in [0.717, 1.165) is 33.3 Å². The third-order valence-electron chi connectivity index (χ3n) is 4.36. The maximum Gasteiger partial charge on any atom is 0.134 e. The van der Waals surface area contributed by atoms with Crippen LogP contribution in [0.3, 0.4) is 0 Å². The van der Waals surface area contributed by atoms with Gasteiger partial charge < -0.3 is 4.74 Å². The Balaban J connectivity index is 1.83. The van der Waals surface area contributed by atoms with Gasteiger partial charge >= 0.3 is 0 Å². The summed E-state index contributed by atoms with van der Waals surface area (Å²) < 4.78 is 5.54. The zero-order valence-electron chi connectivity index (χ0n) is 14.7. The van der Waals surface area contributed by atoms with Crippen molar-refractivity contribution in [2.75, 3.05) is 7.11 Å². The van der Waals surface area contributed by atoms with Gasteiger partial charge in [-0.1, -0.05) is 60.7 Å². The number of hydrogen-bond donors (Lipinski definition) is 0. The highest BCUT2D eigenvalue weighted by molar-refractivity contribution is 7.11. The second-order valence-corrected chi connectivity index (χ2v) is 6.83. The molecule has 0 atom stereocenters. The number of fused-ring (bicyclic) bond motifs is 1. The van der Waals surface area contributed by atoms with Gasteiger partial charge in [0.15, 0.2) is 0 Å². The van der Waals surface area contributed by atoms with Gasteiger partial charge in [-0.15, -0.1) is 11.3 Å². The maximum atomic E-state index is 9.76. The van der Waals surface area contributed by atoms with Crippen molar-refractivity contribution in [3.8, 4) is 23.1 Å². The molecule has 0 radical (unpaired) electrons. The van der Waals surface area contributed by atoms with Crippen LogP contribution in [0, 0.1) is 11.3 Å². The minimum absolute atomic E-state index is 0.525. The lowest BCUT2D eigenvalue weighted by Gasteiger charge is -2.09. The van der Waals surface area contributed by atoms with E-state index in [1.165, 1.54) is 11.3 Å². The fraction of sp³-hybridized carbons (Fsp3) is 0.0435. The molecular weight excluding hydrogens is 352 g/mol. The largest absolute Gasteiger partial charge is 0.496 e. The van der Waals surface area contributed by atoms with E-state index in [1.807, 2.05) is 72.1 Å². The standard InChI is InChI=1S/C23H16N2OS/c1-26-22-12-11-16-7-5-6-10-19(16)20(22)13-18(14-24)23-25-21(15-27-23)17-8-3-2-4-9-17/h2-13,15H,1H3/b18-13+. The summed E-state index contributed by atoms with van der Waals surface area (Å²) in [4.78, 5) is 4.67. The molecule has 0 N–H and O–H groups in total. The summed E-state index contributed by atoms with van der Waals surface area (Å²) in [6.45, 7) is 0. The maximum absolute atomic E-state index is 9.76. The number of ether oxygens (including phenoxy) is 1. The molecule has 4 heteroatoms. The Hall–Kier alpha value is -3.42. The molecule has 0 fully saturated rings. The van der Waals surface area contributed by atoms with Gasteiger partial charge in [0.25, 0.3) is 0 Å². The highest BCUT2D eigenvalue weighted by Crippen LogP contribution is 2.33. The molecule has 0 aliphatic carbocycles. The zero-order chi connectivity index (χ0) is 18.6. The minimum atomic E-state index is 0.525. The van der Waals surface area contributed by atoms with Crippen LogP contribution in [0.4, 0.5) is 0 Å². The van der Waals surface area contributed by atoms with Gasteiger partial charge in [-0.3, -0.25) is 0 Å². The summed E-state index contributed by atoms with van der Waals surface area (Å²) in [6.07, 6.45) is 1.87. The lowest BCUT2D eigenvalue weighted by Crippen LogP contribution is -1.90. The van der Waals surface area contributed by atoms with Crippen molar-refractivity contribution in [2.24, 2.45) is 0 Å². The predicted molar refractivity (Wildman–Crippen MR) is 112 cm³/mol. The van der Waals surface area contributed by atoms with Crippen molar-refractivity contribution < 1.29 is 4.74 Å². The van der Waals surface area contributed by atoms with Crippen LogP contribution in [0.2, 0.25) is 0 Å². The van der Waals surface area contributed by atoms with Crippen LogP contribution in [-0.2, 0) is 0 Å². The quantitative estimate of drug-likeness (QED) is 0.413. The number of benzene rings is 3. The van der Waals surface area contributed by atoms with Gasteiger partial charge in [0.1, 0.15) is 16.8 Å². The first kappa shape index (κ1) is 17.0. The first-order chi connectivity index (χ1) is 13.3. The molecular formula is C23H16N2OS. The molecule has 0 aliphatic rings. The van der Waals surface area contributed by atoms with E-state index < -0.39 is 0 Å². The molecule has 0 spiro atoms. The fourth-order valence-electron chi connectivity index (χ4n) is 3.03. The van der Waals surface area contributed by atoms with Gasteiger partial charge in [-0.2, -0.15) is 5.26 Å². The van der Waals surface area contributed by atoms with Crippen molar-refractivity contribution in [3.05, 3.63) is 82.7 Å². The average molecular weight is 368 g/mol. The topological polar surface area (TPSA) is 45.9 Å². The summed E-state index contributed by atoms with van der Waals surface area (Å²) >= 11 is 1.47. The van der Waals surface area contributed by atoms with E-state index in [1.54, 1.807) is 7.11 Å². The molecule has 0 saturated heterocycles. The Morgan fingerprint density at radius 2 is 1.81 bits per heavy atom. The second kappa shape index (κ2) is 7.45. The molecule has 0 bridgehead atoms. The summed E-state index contributed by atoms with van der Waals surface area (Å²) in [5.41, 5.74) is 3.34. The highest BCUT2D eigenvalue weighted by Gasteiger charge is 2.12. The first-order valence-electron chi connectivity index (χ1n) is 8.49. The van der Waals surface area contributed by atoms with Gasteiger partial charge in [0.2, 0.25) is 0 Å². The summed E-state index contributed by atoms with van der Waals surface area (Å²) in [7, 11) is 1.64. The Kier molecular flexibility index (Phi) is 4.69. The summed E-state index contributed by atoms with van der Waals surface area (Å²) in [6, 6.07) is 24.3. The molecule has 1 heterocycles. The van der Waals surface area contributed by atoms with Crippen molar-refractivity contribution in [1.82, 2.24) is 4.98 Å². The van der Waals surface area contributed by atoms with Crippen LogP contribution >= 0.6 is 11.3 Å². The average Bonchev–Trinajstić information content (AvgIpc) is 3.22. The Morgan fingerprint density at radius 3 is 2.59 bits per heavy atom. The number of hydrogen-bond acceptors (Lipinski definition) is 4. The molecule has 0 amide bonds. The SMILES string of the molecule is COc1ccc2ccccc2c1/C=C(\C#N)c1nc(-c2ccccc2)cs1. The number of aromatic nitrogens is 1. The molecule has 0 saturated carbocycles. The molecule has 4 aromatic rings. The van der Waals surface area contributed by atoms with Crippen LogP contribution in [0.15, 0.2) is 72.1 Å². The van der Waals surface area contributed by atoms with E-state index in [0.29, 0.717) is 10.6 Å². The van der Waals surface area contributed by atoms with E-state index in [2.05, 4.69) is 17.1 Å². The van der Waals surface area contributed by atoms with Crippen molar-refractivity contribution in [1.29, 1.82) is 5.26 Å². The second-order valence-electron chi connectivity index (χ2n) is 5.98. The van der Waals surface area contributed by atoms with Crippen molar-refractivity contribution in [3.63, 3.8) is 0 Å². The Labute approximate surface area is 161 Å². The van der Waals surface area contributed by atoms with Crippen molar-refractivity contribution >= 4 is 33.8 Å². The highest BCUT2D eigenvalue weighted by atomic mass is 32.1. The molecule has 3 nitrogen and oxygen atoms in total. The van der Waals surface area contributed by atoms with E-state index in [-0.39, 0.29) is 0 Å². The number of rotatable bonds is 4. The Morgan fingerprint density at radius 1 is 1.04 bits per heavy atom. The van der Waals surface area contributed by atoms with E-state index in [4.69, 9.17) is 4.74 Å². The predicted octanol–water partition coefficient (Wildman–Crippen LogP) is 6.04. The smallest absolute Gasteiger partial charge is 0.134 e. The number of nitrogens with zero attached hydrogens (tertiary/aromatic N) is 2. The van der Waals surface area contributed by atoms with Gasteiger partial charge in [-0.05, 0) is 22.9 Å². The van der Waals surface area contributed by atoms with Crippen LogP contribution < -0.4 is 4.74 Å². The van der Waals surface area contributed by atoms with E-state index in [9.17, 15) is 5.26 Å². The van der Waals surface area contributed by atoms with Crippen LogP contribution in [0.1, 0.15) is 10.6 Å². The van der Waals surface area contributed by atoms with Crippen LogP contribution in [-0.4, -0.2) is 12.1 Å². The number of methoxy groups -OCH3 is 1. The summed E-state index contributed by atoms with van der Waals surface area (Å²) in [5.74, 6) is 0.737. The van der Waals surface area contributed by atoms with E-state index >= 15 is 0 Å². The van der Waals surface area contributed by atoms with Gasteiger partial charge in [-0.25, -0.2) is 4.98 Å². The minimum Gasteiger partial charge on any atom is -0.496 e. The van der Waals surface area contributed by atoms with Crippen LogP contribution in [0.25, 0.3) is 33.7 Å². The third-order valence-corrected chi connectivity index (χ3v) is 5.24. The molecule has 3 aromatic carbocycles. The molecule has 130 valence electrons. The van der Waals surface area contributed by atoms with Crippen molar-refractivity contribution in [2.45, 2.75) is 0 Å². The number of allylic oxidation sites excluding steroid dienone is 1. The normalized spacial score (nSPS) is 11.3. The fourth-order valence-corrected chi connectivity index (χ4v) is 3.82. The monoisotopic (exact) mass is 368 g/mol. The molecule has 27 heavy (non-hydrogen) atoms. The zero-order valence-corrected chi connectivity index (χ0v) is 15.5. The third kappa shape index (κ3) is 3.33. The van der Waals surface area contributed by atoms with Gasteiger partial charge in [0, 0.05) is 16.5 Å². The Bertz CT molecular complexity index is 1170. The number of nitriles is 1. The molecule has 0 unspecified atom stereocenters.